The van der Waals surface area contributed by atoms with Crippen molar-refractivity contribution in [2.24, 2.45) is 0 Å². The van der Waals surface area contributed by atoms with E-state index >= 15 is 0 Å². The summed E-state index contributed by atoms with van der Waals surface area (Å²) in [6, 6.07) is 11.7. The van der Waals surface area contributed by atoms with Crippen molar-refractivity contribution < 1.29 is 17.9 Å². The fourth-order valence-corrected chi connectivity index (χ4v) is 3.43. The van der Waals surface area contributed by atoms with E-state index in [-0.39, 0.29) is 17.3 Å². The van der Waals surface area contributed by atoms with Crippen molar-refractivity contribution in [1.29, 1.82) is 0 Å². The smallest absolute Gasteiger partial charge is 0.265 e. The molecule has 2 aromatic rings. The van der Waals surface area contributed by atoms with Crippen LogP contribution in [-0.2, 0) is 14.8 Å². The maximum atomic E-state index is 12.4. The predicted octanol–water partition coefficient (Wildman–Crippen LogP) is 3.17. The molecule has 0 aliphatic carbocycles. The first kappa shape index (κ1) is 20.7. The van der Waals surface area contributed by atoms with E-state index in [1.807, 2.05) is 32.0 Å². The van der Waals surface area contributed by atoms with E-state index in [0.29, 0.717) is 11.4 Å². The molecule has 0 fully saturated rings. The molecule has 0 aliphatic rings. The first-order chi connectivity index (χ1) is 12.7. The van der Waals surface area contributed by atoms with Crippen LogP contribution in [0.1, 0.15) is 18.1 Å². The number of ether oxygens (including phenoxy) is 1. The number of hydrogen-bond acceptors (Lipinski definition) is 4. The molecule has 7 heteroatoms. The van der Waals surface area contributed by atoms with Crippen LogP contribution in [0.4, 0.5) is 5.69 Å². The van der Waals surface area contributed by atoms with Crippen LogP contribution in [0, 0.1) is 13.8 Å². The molecule has 0 radical (unpaired) electrons. The van der Waals surface area contributed by atoms with Gasteiger partial charge in [0.1, 0.15) is 5.75 Å². The molecule has 1 atom stereocenters. The summed E-state index contributed by atoms with van der Waals surface area (Å²) in [5, 5.41) is 2.73. The fourth-order valence-electron chi connectivity index (χ4n) is 2.43. The lowest BCUT2D eigenvalue weighted by atomic mass is 10.1. The van der Waals surface area contributed by atoms with Gasteiger partial charge in [0.2, 0.25) is 10.0 Å². The Morgan fingerprint density at radius 2 is 1.74 bits per heavy atom. The number of hydrogen-bond donors (Lipinski definition) is 2. The Labute approximate surface area is 160 Å². The van der Waals surface area contributed by atoms with Gasteiger partial charge in [-0.2, -0.15) is 0 Å². The number of rotatable bonds is 8. The van der Waals surface area contributed by atoms with Crippen LogP contribution >= 0.6 is 0 Å². The lowest BCUT2D eigenvalue weighted by molar-refractivity contribution is -0.122. The van der Waals surface area contributed by atoms with Gasteiger partial charge in [-0.05, 0) is 56.2 Å². The van der Waals surface area contributed by atoms with Crippen molar-refractivity contribution in [3.63, 3.8) is 0 Å². The molecule has 0 aromatic heterocycles. The average molecular weight is 388 g/mol. The van der Waals surface area contributed by atoms with Crippen molar-refractivity contribution in [3.05, 3.63) is 66.2 Å². The Balaban J connectivity index is 2.04. The van der Waals surface area contributed by atoms with Gasteiger partial charge in [0, 0.05) is 12.2 Å². The van der Waals surface area contributed by atoms with Gasteiger partial charge in [-0.1, -0.05) is 24.3 Å². The number of anilines is 1. The summed E-state index contributed by atoms with van der Waals surface area (Å²) < 4.78 is 32.3. The van der Waals surface area contributed by atoms with E-state index in [0.717, 1.165) is 11.1 Å². The van der Waals surface area contributed by atoms with Gasteiger partial charge in [-0.15, -0.1) is 6.58 Å². The zero-order chi connectivity index (χ0) is 20.0. The predicted molar refractivity (Wildman–Crippen MR) is 106 cm³/mol. The Bertz CT molecular complexity index is 901. The van der Waals surface area contributed by atoms with Gasteiger partial charge in [0.15, 0.2) is 6.10 Å². The van der Waals surface area contributed by atoms with Crippen LogP contribution < -0.4 is 14.8 Å². The fraction of sp³-hybridized carbons (Fsp3) is 0.250. The van der Waals surface area contributed by atoms with Crippen LogP contribution in [0.5, 0.6) is 5.75 Å². The summed E-state index contributed by atoms with van der Waals surface area (Å²) in [6.07, 6.45) is 0.756. The number of carbonyl (C=O) groups is 1. The first-order valence-electron chi connectivity index (χ1n) is 8.49. The molecule has 0 saturated carbocycles. The first-order valence-corrected chi connectivity index (χ1v) is 9.97. The molecule has 2 rings (SSSR count). The van der Waals surface area contributed by atoms with Crippen LogP contribution in [-0.4, -0.2) is 27.0 Å². The van der Waals surface area contributed by atoms with E-state index in [2.05, 4.69) is 16.6 Å². The molecule has 2 aromatic carbocycles. The maximum Gasteiger partial charge on any atom is 0.265 e. The van der Waals surface area contributed by atoms with Crippen LogP contribution in [0.3, 0.4) is 0 Å². The number of benzene rings is 2. The van der Waals surface area contributed by atoms with Crippen molar-refractivity contribution in [2.75, 3.05) is 11.9 Å². The topological polar surface area (TPSA) is 84.5 Å². The second-order valence-corrected chi connectivity index (χ2v) is 7.90. The molecular weight excluding hydrogens is 364 g/mol. The molecule has 0 saturated heterocycles. The van der Waals surface area contributed by atoms with E-state index < -0.39 is 16.1 Å². The molecule has 27 heavy (non-hydrogen) atoms. The third-order valence-corrected chi connectivity index (χ3v) is 5.36. The highest BCUT2D eigenvalue weighted by atomic mass is 32.2. The second-order valence-electron chi connectivity index (χ2n) is 6.14. The van der Waals surface area contributed by atoms with Gasteiger partial charge in [-0.25, -0.2) is 13.1 Å². The molecule has 6 nitrogen and oxygen atoms in total. The standard InChI is InChI=1S/C20H24N2O4S/c1-5-13-21-27(24,25)18-11-9-17(10-12-18)22-20(23)16(4)26-19-14(2)7-6-8-15(19)3/h5-12,16,21H,1,13H2,2-4H3,(H,22,23). The molecule has 144 valence electrons. The van der Waals surface area contributed by atoms with Crippen LogP contribution in [0.25, 0.3) is 0 Å². The third-order valence-electron chi connectivity index (χ3n) is 3.92. The van der Waals surface area contributed by atoms with E-state index in [1.54, 1.807) is 6.92 Å². The Morgan fingerprint density at radius 3 is 2.30 bits per heavy atom. The van der Waals surface area contributed by atoms with E-state index in [4.69, 9.17) is 4.74 Å². The molecule has 1 amide bonds. The van der Waals surface area contributed by atoms with Crippen LogP contribution in [0.15, 0.2) is 60.0 Å². The minimum absolute atomic E-state index is 0.113. The zero-order valence-electron chi connectivity index (χ0n) is 15.7. The lowest BCUT2D eigenvalue weighted by Crippen LogP contribution is -2.30. The number of carbonyl (C=O) groups excluding carboxylic acids is 1. The van der Waals surface area contributed by atoms with Crippen molar-refractivity contribution in [3.8, 4) is 5.75 Å². The quantitative estimate of drug-likeness (QED) is 0.680. The summed E-state index contributed by atoms with van der Waals surface area (Å²) in [4.78, 5) is 12.5. The van der Waals surface area contributed by atoms with Gasteiger partial charge in [-0.3, -0.25) is 4.79 Å². The normalized spacial score (nSPS) is 12.3. The molecule has 0 spiro atoms. The highest BCUT2D eigenvalue weighted by molar-refractivity contribution is 7.89. The Kier molecular flexibility index (Phi) is 6.76. The SMILES string of the molecule is C=CCNS(=O)(=O)c1ccc(NC(=O)C(C)Oc2c(C)cccc2C)cc1. The van der Waals surface area contributed by atoms with Crippen molar-refractivity contribution >= 4 is 21.6 Å². The van der Waals surface area contributed by atoms with Crippen molar-refractivity contribution in [2.45, 2.75) is 31.8 Å². The maximum absolute atomic E-state index is 12.4. The van der Waals surface area contributed by atoms with Crippen LogP contribution in [0.2, 0.25) is 0 Å². The molecule has 0 heterocycles. The van der Waals surface area contributed by atoms with Gasteiger partial charge in [0.05, 0.1) is 4.90 Å². The van der Waals surface area contributed by atoms with Gasteiger partial charge < -0.3 is 10.1 Å². The number of nitrogens with one attached hydrogen (secondary N) is 2. The highest BCUT2D eigenvalue weighted by Gasteiger charge is 2.18. The minimum Gasteiger partial charge on any atom is -0.480 e. The lowest BCUT2D eigenvalue weighted by Gasteiger charge is -2.18. The third kappa shape index (κ3) is 5.42. The molecule has 0 bridgehead atoms. The summed E-state index contributed by atoms with van der Waals surface area (Å²) in [6.45, 7) is 9.13. The number of aryl methyl sites for hydroxylation is 2. The molecule has 1 unspecified atom stereocenters. The zero-order valence-corrected chi connectivity index (χ0v) is 16.5. The van der Waals surface area contributed by atoms with Crippen molar-refractivity contribution in [1.82, 2.24) is 4.72 Å². The van der Waals surface area contributed by atoms with Gasteiger partial charge in [0.25, 0.3) is 5.91 Å². The summed E-state index contributed by atoms with van der Waals surface area (Å²) in [7, 11) is -3.59. The molecule has 0 aliphatic heterocycles. The number of amides is 1. The molecular formula is C20H24N2O4S. The van der Waals surface area contributed by atoms with E-state index in [1.165, 1.54) is 30.3 Å². The Morgan fingerprint density at radius 1 is 1.15 bits per heavy atom. The monoisotopic (exact) mass is 388 g/mol. The van der Waals surface area contributed by atoms with E-state index in [9.17, 15) is 13.2 Å². The van der Waals surface area contributed by atoms with Gasteiger partial charge >= 0.3 is 0 Å². The molecule has 2 N–H and O–H groups in total. The summed E-state index contributed by atoms with van der Waals surface area (Å²) in [5.74, 6) is 0.368. The summed E-state index contributed by atoms with van der Waals surface area (Å²) in [5.41, 5.74) is 2.40. The number of sulfonamides is 1. The largest absolute Gasteiger partial charge is 0.480 e. The average Bonchev–Trinajstić information content (AvgIpc) is 2.63. The number of para-hydroxylation sites is 1. The Hall–Kier alpha value is -2.64. The highest BCUT2D eigenvalue weighted by Crippen LogP contribution is 2.24. The second kappa shape index (κ2) is 8.83. The minimum atomic E-state index is -3.59. The summed E-state index contributed by atoms with van der Waals surface area (Å²) >= 11 is 0.